The molecule has 1 heteroatoms. The fraction of sp³-hybridized carbons (Fsp3) is 0. The standard InChI is InChI=1S/C38H27N/c1-3-11-27(12-4-1)28-19-21-30(22-20-28)34-24-23-32(26-37(34)29-13-5-2-6-14-29)39-38-25-31-15-7-8-16-33(31)35-17-9-10-18-36(35)38/h1-26,39H. The van der Waals surface area contributed by atoms with Crippen molar-refractivity contribution < 1.29 is 0 Å². The highest BCUT2D eigenvalue weighted by atomic mass is 14.9. The highest BCUT2D eigenvalue weighted by molar-refractivity contribution is 6.13. The van der Waals surface area contributed by atoms with Crippen molar-refractivity contribution in [3.8, 4) is 33.4 Å². The van der Waals surface area contributed by atoms with Gasteiger partial charge in [-0.25, -0.2) is 0 Å². The maximum Gasteiger partial charge on any atom is 0.0470 e. The van der Waals surface area contributed by atoms with Gasteiger partial charge in [-0.05, 0) is 67.7 Å². The first-order valence-corrected chi connectivity index (χ1v) is 13.4. The highest BCUT2D eigenvalue weighted by Gasteiger charge is 2.12. The van der Waals surface area contributed by atoms with Crippen molar-refractivity contribution in [2.75, 3.05) is 5.32 Å². The summed E-state index contributed by atoms with van der Waals surface area (Å²) < 4.78 is 0. The molecule has 0 aromatic heterocycles. The Morgan fingerprint density at radius 2 is 0.872 bits per heavy atom. The van der Waals surface area contributed by atoms with Crippen LogP contribution in [0, 0.1) is 0 Å². The zero-order valence-electron chi connectivity index (χ0n) is 21.5. The number of hydrogen-bond donors (Lipinski definition) is 1. The molecule has 0 bridgehead atoms. The fourth-order valence-corrected chi connectivity index (χ4v) is 5.52. The molecule has 0 aliphatic carbocycles. The van der Waals surface area contributed by atoms with Crippen LogP contribution in [0.25, 0.3) is 54.9 Å². The molecule has 0 aliphatic rings. The first-order valence-electron chi connectivity index (χ1n) is 13.4. The van der Waals surface area contributed by atoms with Crippen LogP contribution >= 0.6 is 0 Å². The molecule has 0 saturated carbocycles. The Labute approximate surface area is 229 Å². The summed E-state index contributed by atoms with van der Waals surface area (Å²) in [5.74, 6) is 0. The van der Waals surface area contributed by atoms with Crippen molar-refractivity contribution in [1.82, 2.24) is 0 Å². The molecule has 0 aliphatic heterocycles. The van der Waals surface area contributed by atoms with E-state index in [4.69, 9.17) is 0 Å². The van der Waals surface area contributed by atoms with Gasteiger partial charge in [0.1, 0.15) is 0 Å². The summed E-state index contributed by atoms with van der Waals surface area (Å²) >= 11 is 0. The molecule has 184 valence electrons. The zero-order chi connectivity index (χ0) is 26.0. The lowest BCUT2D eigenvalue weighted by atomic mass is 9.92. The molecule has 0 unspecified atom stereocenters. The van der Waals surface area contributed by atoms with Crippen LogP contribution in [0.15, 0.2) is 158 Å². The number of fused-ring (bicyclic) bond motifs is 3. The highest BCUT2D eigenvalue weighted by Crippen LogP contribution is 2.38. The normalized spacial score (nSPS) is 11.1. The summed E-state index contributed by atoms with van der Waals surface area (Å²) in [5, 5.41) is 8.75. The van der Waals surface area contributed by atoms with Gasteiger partial charge in [0, 0.05) is 16.8 Å². The first kappa shape index (κ1) is 23.0. The second-order valence-electron chi connectivity index (χ2n) is 9.89. The Morgan fingerprint density at radius 1 is 0.333 bits per heavy atom. The van der Waals surface area contributed by atoms with Crippen molar-refractivity contribution in [2.24, 2.45) is 0 Å². The molecule has 1 N–H and O–H groups in total. The van der Waals surface area contributed by atoms with E-state index in [1.54, 1.807) is 0 Å². The minimum absolute atomic E-state index is 1.07. The van der Waals surface area contributed by atoms with Gasteiger partial charge in [-0.3, -0.25) is 0 Å². The predicted octanol–water partition coefficient (Wildman–Crippen LogP) is 10.7. The molecule has 0 amide bonds. The average molecular weight is 498 g/mol. The Kier molecular flexibility index (Phi) is 5.88. The molecule has 0 heterocycles. The van der Waals surface area contributed by atoms with Crippen LogP contribution in [0.2, 0.25) is 0 Å². The van der Waals surface area contributed by atoms with E-state index in [9.17, 15) is 0 Å². The Bertz CT molecular complexity index is 1900. The zero-order valence-corrected chi connectivity index (χ0v) is 21.5. The molecule has 0 atom stereocenters. The molecule has 1 nitrogen and oxygen atoms in total. The van der Waals surface area contributed by atoms with Crippen LogP contribution in [0.1, 0.15) is 0 Å². The Balaban J connectivity index is 1.32. The monoisotopic (exact) mass is 497 g/mol. The summed E-state index contributed by atoms with van der Waals surface area (Å²) in [4.78, 5) is 0. The maximum atomic E-state index is 3.76. The van der Waals surface area contributed by atoms with E-state index < -0.39 is 0 Å². The first-order chi connectivity index (χ1) is 19.3. The summed E-state index contributed by atoms with van der Waals surface area (Å²) in [6.45, 7) is 0. The van der Waals surface area contributed by atoms with Gasteiger partial charge >= 0.3 is 0 Å². The molecule has 39 heavy (non-hydrogen) atoms. The van der Waals surface area contributed by atoms with Crippen LogP contribution in [0.3, 0.4) is 0 Å². The van der Waals surface area contributed by atoms with E-state index in [-0.39, 0.29) is 0 Å². The van der Waals surface area contributed by atoms with Crippen LogP contribution in [-0.4, -0.2) is 0 Å². The van der Waals surface area contributed by atoms with Gasteiger partial charge in [-0.2, -0.15) is 0 Å². The molecule has 0 spiro atoms. The van der Waals surface area contributed by atoms with Crippen molar-refractivity contribution in [3.63, 3.8) is 0 Å². The topological polar surface area (TPSA) is 12.0 Å². The third-order valence-electron chi connectivity index (χ3n) is 7.45. The van der Waals surface area contributed by atoms with Gasteiger partial charge in [0.2, 0.25) is 0 Å². The molecule has 7 aromatic carbocycles. The minimum Gasteiger partial charge on any atom is -0.355 e. The van der Waals surface area contributed by atoms with E-state index in [0.29, 0.717) is 0 Å². The fourth-order valence-electron chi connectivity index (χ4n) is 5.52. The minimum atomic E-state index is 1.07. The summed E-state index contributed by atoms with van der Waals surface area (Å²) in [5.41, 5.74) is 9.47. The Morgan fingerprint density at radius 3 is 1.62 bits per heavy atom. The smallest absolute Gasteiger partial charge is 0.0470 e. The third kappa shape index (κ3) is 4.45. The lowest BCUT2D eigenvalue weighted by molar-refractivity contribution is 1.54. The molecular weight excluding hydrogens is 470 g/mol. The van der Waals surface area contributed by atoms with Gasteiger partial charge in [-0.15, -0.1) is 0 Å². The van der Waals surface area contributed by atoms with Crippen molar-refractivity contribution in [2.45, 2.75) is 0 Å². The largest absolute Gasteiger partial charge is 0.355 e. The summed E-state index contributed by atoms with van der Waals surface area (Å²) in [6, 6.07) is 56.3. The van der Waals surface area contributed by atoms with Crippen LogP contribution in [-0.2, 0) is 0 Å². The average Bonchev–Trinajstić information content (AvgIpc) is 3.02. The SMILES string of the molecule is c1ccc(-c2ccc(-c3ccc(Nc4cc5ccccc5c5ccccc45)cc3-c3ccccc3)cc2)cc1. The second kappa shape index (κ2) is 9.96. The molecule has 0 radical (unpaired) electrons. The van der Waals surface area contributed by atoms with Crippen molar-refractivity contribution in [1.29, 1.82) is 0 Å². The summed E-state index contributed by atoms with van der Waals surface area (Å²) in [7, 11) is 0. The number of benzene rings is 7. The van der Waals surface area contributed by atoms with E-state index in [0.717, 1.165) is 11.4 Å². The molecular formula is C38H27N. The van der Waals surface area contributed by atoms with E-state index in [1.165, 1.54) is 54.9 Å². The number of anilines is 2. The summed E-state index contributed by atoms with van der Waals surface area (Å²) in [6.07, 6.45) is 0. The van der Waals surface area contributed by atoms with Crippen LogP contribution < -0.4 is 5.32 Å². The van der Waals surface area contributed by atoms with E-state index in [2.05, 4.69) is 163 Å². The predicted molar refractivity (Wildman–Crippen MR) is 167 cm³/mol. The quantitative estimate of drug-likeness (QED) is 0.233. The molecule has 7 rings (SSSR count). The second-order valence-corrected chi connectivity index (χ2v) is 9.89. The lowest BCUT2D eigenvalue weighted by Gasteiger charge is -2.16. The van der Waals surface area contributed by atoms with E-state index >= 15 is 0 Å². The number of rotatable bonds is 5. The number of hydrogen-bond acceptors (Lipinski definition) is 1. The van der Waals surface area contributed by atoms with Crippen LogP contribution in [0.4, 0.5) is 11.4 Å². The van der Waals surface area contributed by atoms with Gasteiger partial charge in [0.05, 0.1) is 0 Å². The van der Waals surface area contributed by atoms with Crippen molar-refractivity contribution in [3.05, 3.63) is 158 Å². The molecule has 0 fully saturated rings. The molecule has 0 saturated heterocycles. The van der Waals surface area contributed by atoms with Gasteiger partial charge in [0.25, 0.3) is 0 Å². The lowest BCUT2D eigenvalue weighted by Crippen LogP contribution is -1.94. The van der Waals surface area contributed by atoms with Gasteiger partial charge in [0.15, 0.2) is 0 Å². The van der Waals surface area contributed by atoms with Gasteiger partial charge < -0.3 is 5.32 Å². The van der Waals surface area contributed by atoms with E-state index in [1.807, 2.05) is 0 Å². The Hall–Kier alpha value is -5.14. The van der Waals surface area contributed by atoms with Gasteiger partial charge in [-0.1, -0.05) is 140 Å². The van der Waals surface area contributed by atoms with Crippen LogP contribution in [0.5, 0.6) is 0 Å². The third-order valence-corrected chi connectivity index (χ3v) is 7.45. The number of nitrogens with one attached hydrogen (secondary N) is 1. The maximum absolute atomic E-state index is 3.76. The van der Waals surface area contributed by atoms with Crippen molar-refractivity contribution >= 4 is 32.9 Å². The molecule has 7 aromatic rings.